The molecule has 1 aliphatic rings. The van der Waals surface area contributed by atoms with Crippen LogP contribution < -0.4 is 0 Å². The van der Waals surface area contributed by atoms with E-state index in [4.69, 9.17) is 0 Å². The Kier molecular flexibility index (Phi) is 4.78. The number of carbonyl (C=O) groups is 2. The van der Waals surface area contributed by atoms with E-state index in [-0.39, 0.29) is 23.4 Å². The smallest absolute Gasteiger partial charge is 0.293 e. The molecule has 0 saturated carbocycles. The van der Waals surface area contributed by atoms with Crippen molar-refractivity contribution in [3.05, 3.63) is 68.5 Å². The van der Waals surface area contributed by atoms with E-state index in [1.54, 1.807) is 18.2 Å². The van der Waals surface area contributed by atoms with E-state index in [0.717, 1.165) is 28.5 Å². The molecule has 1 saturated heterocycles. The molecule has 1 N–H and O–H groups in total. The van der Waals surface area contributed by atoms with Crippen LogP contribution in [0.4, 0.5) is 4.79 Å². The quantitative estimate of drug-likeness (QED) is 0.754. The van der Waals surface area contributed by atoms with Crippen molar-refractivity contribution in [1.29, 1.82) is 0 Å². The van der Waals surface area contributed by atoms with Crippen molar-refractivity contribution in [3.63, 3.8) is 0 Å². The van der Waals surface area contributed by atoms with E-state index in [1.807, 2.05) is 31.2 Å². The number of nitrogens with zero attached hydrogens (tertiary/aromatic N) is 1. The molecule has 0 atom stereocenters. The molecule has 24 heavy (non-hydrogen) atoms. The highest BCUT2D eigenvalue weighted by Crippen LogP contribution is 2.34. The first-order valence-corrected chi connectivity index (χ1v) is 8.84. The molecule has 0 aromatic heterocycles. The number of amides is 2. The number of rotatable bonds is 3. The lowest BCUT2D eigenvalue weighted by molar-refractivity contribution is -0.123. The highest BCUT2D eigenvalue weighted by molar-refractivity contribution is 9.10. The van der Waals surface area contributed by atoms with E-state index in [9.17, 15) is 14.7 Å². The summed E-state index contributed by atoms with van der Waals surface area (Å²) in [5, 5.41) is 9.25. The fraction of sp³-hybridized carbons (Fsp3) is 0.111. The van der Waals surface area contributed by atoms with E-state index in [0.29, 0.717) is 9.38 Å². The third-order valence-corrected chi connectivity index (χ3v) is 5.11. The zero-order chi connectivity index (χ0) is 17.3. The summed E-state index contributed by atoms with van der Waals surface area (Å²) in [4.78, 5) is 26.3. The second kappa shape index (κ2) is 6.83. The molecular weight excluding hydrogens is 390 g/mol. The lowest BCUT2D eigenvalue weighted by Gasteiger charge is -2.12. The van der Waals surface area contributed by atoms with Crippen LogP contribution in [0.15, 0.2) is 51.8 Å². The average molecular weight is 404 g/mol. The molecule has 1 heterocycles. The molecule has 2 aromatic rings. The van der Waals surface area contributed by atoms with Gasteiger partial charge in [0.1, 0.15) is 5.75 Å². The Bertz CT molecular complexity index is 863. The van der Waals surface area contributed by atoms with Gasteiger partial charge in [0.05, 0.1) is 15.9 Å². The van der Waals surface area contributed by atoms with E-state index >= 15 is 0 Å². The molecule has 6 heteroatoms. The Morgan fingerprint density at radius 2 is 2.00 bits per heavy atom. The molecule has 122 valence electrons. The predicted octanol–water partition coefficient (Wildman–Crippen LogP) is 4.70. The Hall–Kier alpha value is -2.05. The van der Waals surface area contributed by atoms with Crippen LogP contribution in [-0.2, 0) is 11.3 Å². The maximum atomic E-state index is 12.5. The number of hydrogen-bond donors (Lipinski definition) is 1. The van der Waals surface area contributed by atoms with Crippen LogP contribution in [0.2, 0.25) is 0 Å². The number of imide groups is 1. The zero-order valence-electron chi connectivity index (χ0n) is 12.8. The van der Waals surface area contributed by atoms with Gasteiger partial charge in [-0.3, -0.25) is 14.5 Å². The van der Waals surface area contributed by atoms with Gasteiger partial charge in [-0.1, -0.05) is 35.9 Å². The number of halogens is 1. The minimum Gasteiger partial charge on any atom is -0.507 e. The largest absolute Gasteiger partial charge is 0.507 e. The van der Waals surface area contributed by atoms with Gasteiger partial charge < -0.3 is 5.11 Å². The Balaban J connectivity index is 1.83. The summed E-state index contributed by atoms with van der Waals surface area (Å²) < 4.78 is 0.537. The molecular formula is C18H14BrNO3S. The lowest BCUT2D eigenvalue weighted by atomic mass is 10.1. The summed E-state index contributed by atoms with van der Waals surface area (Å²) >= 11 is 4.17. The number of carbonyl (C=O) groups excluding carboxylic acids is 2. The number of phenolic OH excluding ortho intramolecular Hbond substituents is 1. The first-order chi connectivity index (χ1) is 11.4. The topological polar surface area (TPSA) is 57.6 Å². The number of phenols is 1. The first-order valence-electron chi connectivity index (χ1n) is 7.23. The minimum atomic E-state index is -0.296. The second-order valence-electron chi connectivity index (χ2n) is 5.47. The zero-order valence-corrected chi connectivity index (χ0v) is 15.2. The third-order valence-electron chi connectivity index (χ3n) is 3.57. The summed E-state index contributed by atoms with van der Waals surface area (Å²) in [7, 11) is 0. The monoisotopic (exact) mass is 403 g/mol. The summed E-state index contributed by atoms with van der Waals surface area (Å²) in [5.41, 5.74) is 2.75. The molecule has 0 spiro atoms. The summed E-state index contributed by atoms with van der Waals surface area (Å²) in [6.07, 6.45) is 1.66. The fourth-order valence-corrected chi connectivity index (χ4v) is 3.63. The molecule has 4 nitrogen and oxygen atoms in total. The Labute approximate surface area is 152 Å². The maximum Gasteiger partial charge on any atom is 0.293 e. The molecule has 0 aliphatic carbocycles. The third kappa shape index (κ3) is 3.55. The first kappa shape index (κ1) is 16.8. The Morgan fingerprint density at radius 1 is 1.21 bits per heavy atom. The van der Waals surface area contributed by atoms with Crippen LogP contribution in [0.5, 0.6) is 5.75 Å². The molecule has 2 amide bonds. The highest BCUT2D eigenvalue weighted by atomic mass is 79.9. The van der Waals surface area contributed by atoms with Crippen molar-refractivity contribution >= 4 is 44.9 Å². The molecule has 0 radical (unpaired) electrons. The van der Waals surface area contributed by atoms with E-state index in [1.165, 1.54) is 11.0 Å². The fourth-order valence-electron chi connectivity index (χ4n) is 2.39. The SMILES string of the molecule is Cc1cccc(CN2C(=O)S/C(=C\c3ccc(O)c(Br)c3)C2=O)c1. The van der Waals surface area contributed by atoms with Gasteiger partial charge in [0, 0.05) is 0 Å². The minimum absolute atomic E-state index is 0.125. The standard InChI is InChI=1S/C18H14BrNO3S/c1-11-3-2-4-13(7-11)10-20-17(22)16(24-18(20)23)9-12-5-6-15(21)14(19)8-12/h2-9,21H,10H2,1H3/b16-9-. The van der Waals surface area contributed by atoms with Crippen molar-refractivity contribution in [1.82, 2.24) is 4.90 Å². The Morgan fingerprint density at radius 3 is 2.71 bits per heavy atom. The molecule has 2 aromatic carbocycles. The van der Waals surface area contributed by atoms with E-state index in [2.05, 4.69) is 15.9 Å². The van der Waals surface area contributed by atoms with Crippen molar-refractivity contribution in [3.8, 4) is 5.75 Å². The van der Waals surface area contributed by atoms with E-state index < -0.39 is 0 Å². The summed E-state index contributed by atoms with van der Waals surface area (Å²) in [5.74, 6) is -0.171. The van der Waals surface area contributed by atoms with Crippen LogP contribution in [0.1, 0.15) is 16.7 Å². The van der Waals surface area contributed by atoms with Gasteiger partial charge in [-0.25, -0.2) is 0 Å². The van der Waals surface area contributed by atoms with Crippen molar-refractivity contribution in [2.24, 2.45) is 0 Å². The molecule has 0 bridgehead atoms. The highest BCUT2D eigenvalue weighted by Gasteiger charge is 2.34. The van der Waals surface area contributed by atoms with Gasteiger partial charge in [0.15, 0.2) is 0 Å². The number of thioether (sulfide) groups is 1. The van der Waals surface area contributed by atoms with Crippen molar-refractivity contribution in [2.75, 3.05) is 0 Å². The van der Waals surface area contributed by atoms with Gasteiger partial charge in [-0.15, -0.1) is 0 Å². The van der Waals surface area contributed by atoms with Crippen molar-refractivity contribution in [2.45, 2.75) is 13.5 Å². The van der Waals surface area contributed by atoms with Gasteiger partial charge in [0.2, 0.25) is 0 Å². The summed E-state index contributed by atoms with van der Waals surface area (Å²) in [6.45, 7) is 2.24. The molecule has 1 aliphatic heterocycles. The van der Waals surface area contributed by atoms with Gasteiger partial charge in [-0.05, 0) is 64.0 Å². The number of hydrogen-bond acceptors (Lipinski definition) is 4. The number of aryl methyl sites for hydroxylation is 1. The lowest BCUT2D eigenvalue weighted by Crippen LogP contribution is -2.27. The summed E-state index contributed by atoms with van der Waals surface area (Å²) in [6, 6.07) is 12.7. The predicted molar refractivity (Wildman–Crippen MR) is 98.5 cm³/mol. The molecule has 3 rings (SSSR count). The van der Waals surface area contributed by atoms with Crippen LogP contribution in [0.3, 0.4) is 0 Å². The average Bonchev–Trinajstić information content (AvgIpc) is 2.79. The van der Waals surface area contributed by atoms with Crippen molar-refractivity contribution < 1.29 is 14.7 Å². The van der Waals surface area contributed by atoms with Gasteiger partial charge >= 0.3 is 0 Å². The maximum absolute atomic E-state index is 12.5. The number of aromatic hydroxyl groups is 1. The van der Waals surface area contributed by atoms with Crippen LogP contribution in [0, 0.1) is 6.92 Å². The number of benzene rings is 2. The molecule has 1 fully saturated rings. The van der Waals surface area contributed by atoms with Crippen LogP contribution in [0.25, 0.3) is 6.08 Å². The normalized spacial score (nSPS) is 16.2. The van der Waals surface area contributed by atoms with Crippen LogP contribution >= 0.6 is 27.7 Å². The van der Waals surface area contributed by atoms with Gasteiger partial charge in [0.25, 0.3) is 11.1 Å². The van der Waals surface area contributed by atoms with Gasteiger partial charge in [-0.2, -0.15) is 0 Å². The van der Waals surface area contributed by atoms with Crippen LogP contribution in [-0.4, -0.2) is 21.2 Å². The second-order valence-corrected chi connectivity index (χ2v) is 7.32. The molecule has 0 unspecified atom stereocenters.